The van der Waals surface area contributed by atoms with Crippen molar-refractivity contribution in [2.75, 3.05) is 45.2 Å². The summed E-state index contributed by atoms with van der Waals surface area (Å²) in [7, 11) is -2.06. The van der Waals surface area contributed by atoms with Crippen molar-refractivity contribution in [1.82, 2.24) is 4.31 Å². The van der Waals surface area contributed by atoms with E-state index in [1.54, 1.807) is 16.4 Å². The van der Waals surface area contributed by atoms with Crippen molar-refractivity contribution in [3.8, 4) is 5.75 Å². The summed E-state index contributed by atoms with van der Waals surface area (Å²) in [5.74, 6) is 0.982. The third-order valence-corrected chi connectivity index (χ3v) is 7.82. The largest absolute Gasteiger partial charge is 0.495 e. The van der Waals surface area contributed by atoms with Crippen molar-refractivity contribution in [3.63, 3.8) is 0 Å². The van der Waals surface area contributed by atoms with Crippen LogP contribution in [0.25, 0.3) is 0 Å². The molecule has 2 atom stereocenters. The van der Waals surface area contributed by atoms with Gasteiger partial charge in [-0.2, -0.15) is 4.31 Å². The van der Waals surface area contributed by atoms with Crippen LogP contribution in [0.4, 0.5) is 5.69 Å². The molecule has 1 amide bonds. The molecule has 3 rings (SSSR count). The number of carbonyl (C=O) groups is 1. The van der Waals surface area contributed by atoms with Crippen LogP contribution in [0.2, 0.25) is 0 Å². The topological polar surface area (TPSA) is 80.2 Å². The number of rotatable bonds is 6. The molecule has 162 valence electrons. The maximum absolute atomic E-state index is 13.1. The van der Waals surface area contributed by atoms with Crippen molar-refractivity contribution in [1.29, 1.82) is 0 Å². The minimum Gasteiger partial charge on any atom is -0.495 e. The smallest absolute Gasteiger partial charge is 0.279 e. The summed E-state index contributed by atoms with van der Waals surface area (Å²) >= 11 is 0. The number of nitrogens with zero attached hydrogens (tertiary/aromatic N) is 1. The minimum absolute atomic E-state index is 0.114. The summed E-state index contributed by atoms with van der Waals surface area (Å²) in [4.78, 5) is 14.1. The minimum atomic E-state index is -3.58. The van der Waals surface area contributed by atoms with E-state index < -0.39 is 10.0 Å². The predicted octanol–water partition coefficient (Wildman–Crippen LogP) is 1.51. The first kappa shape index (κ1) is 22.1. The van der Waals surface area contributed by atoms with Gasteiger partial charge >= 0.3 is 0 Å². The Labute approximate surface area is 174 Å². The van der Waals surface area contributed by atoms with Gasteiger partial charge in [-0.3, -0.25) is 4.79 Å². The quantitative estimate of drug-likeness (QED) is 0.726. The second kappa shape index (κ2) is 9.91. The first-order valence-electron chi connectivity index (χ1n) is 10.7. The molecule has 0 radical (unpaired) electrons. The third-order valence-electron chi connectivity index (χ3n) is 5.92. The predicted molar refractivity (Wildman–Crippen MR) is 113 cm³/mol. The third kappa shape index (κ3) is 5.71. The molecule has 2 saturated heterocycles. The van der Waals surface area contributed by atoms with Gasteiger partial charge in [0.15, 0.2) is 6.54 Å². The summed E-state index contributed by atoms with van der Waals surface area (Å²) < 4.78 is 33.1. The molecule has 2 heterocycles. The van der Waals surface area contributed by atoms with Crippen LogP contribution in [-0.2, 0) is 14.8 Å². The fraction of sp³-hybridized carbons (Fsp3) is 0.667. The molecule has 0 aromatic heterocycles. The average molecular weight is 425 g/mol. The Morgan fingerprint density at radius 2 is 1.93 bits per heavy atom. The monoisotopic (exact) mass is 424 g/mol. The number of likely N-dealkylation sites (tertiary alicyclic amines) is 1. The van der Waals surface area contributed by atoms with Gasteiger partial charge in [0.25, 0.3) is 5.91 Å². The molecule has 0 bridgehead atoms. The number of carbonyl (C=O) groups excluding carboxylic acids is 1. The summed E-state index contributed by atoms with van der Waals surface area (Å²) in [5.41, 5.74) is 0.415. The van der Waals surface area contributed by atoms with E-state index in [0.717, 1.165) is 45.2 Å². The van der Waals surface area contributed by atoms with Crippen LogP contribution in [0, 0.1) is 5.92 Å². The van der Waals surface area contributed by atoms with Gasteiger partial charge in [0.2, 0.25) is 10.0 Å². The van der Waals surface area contributed by atoms with E-state index in [9.17, 15) is 13.2 Å². The number of benzene rings is 1. The number of nitrogens with one attached hydrogen (secondary N) is 2. The number of anilines is 1. The standard InChI is InChI=1S/C21H33N3O4S/c1-17-8-7-11-23(15-17)16-21(25)22-19-14-18(9-10-20(19)28-2)29(26,27)24-12-5-3-4-6-13-24/h9-10,14,17H,3-8,11-13,15-16H2,1-2H3,(H,22,25)/p+1/t17-/m0/s1. The fourth-order valence-corrected chi connectivity index (χ4v) is 5.90. The molecule has 2 aliphatic heterocycles. The normalized spacial score (nSPS) is 23.9. The van der Waals surface area contributed by atoms with E-state index in [1.807, 2.05) is 0 Å². The number of sulfonamides is 1. The number of hydrogen-bond donors (Lipinski definition) is 2. The first-order chi connectivity index (χ1) is 13.9. The summed E-state index contributed by atoms with van der Waals surface area (Å²) in [6.45, 7) is 5.69. The number of ether oxygens (including phenoxy) is 1. The molecule has 8 heteroatoms. The molecule has 2 fully saturated rings. The lowest BCUT2D eigenvalue weighted by Gasteiger charge is -2.27. The Morgan fingerprint density at radius 1 is 1.21 bits per heavy atom. The molecule has 2 N–H and O–H groups in total. The molecule has 1 unspecified atom stereocenters. The summed E-state index contributed by atoms with van der Waals surface area (Å²) in [6, 6.07) is 4.72. The van der Waals surface area contributed by atoms with Gasteiger partial charge in [-0.15, -0.1) is 0 Å². The van der Waals surface area contributed by atoms with Gasteiger partial charge in [-0.05, 0) is 43.9 Å². The van der Waals surface area contributed by atoms with Gasteiger partial charge < -0.3 is 15.0 Å². The number of hydrogen-bond acceptors (Lipinski definition) is 4. The SMILES string of the molecule is COc1ccc(S(=O)(=O)N2CCCCCC2)cc1NC(=O)C[NH+]1CCC[C@H](C)C1. The van der Waals surface area contributed by atoms with E-state index in [-0.39, 0.29) is 10.8 Å². The van der Waals surface area contributed by atoms with Crippen LogP contribution in [0.5, 0.6) is 5.75 Å². The van der Waals surface area contributed by atoms with Gasteiger partial charge in [0.1, 0.15) is 5.75 Å². The molecule has 0 saturated carbocycles. The lowest BCUT2D eigenvalue weighted by molar-refractivity contribution is -0.900. The highest BCUT2D eigenvalue weighted by atomic mass is 32.2. The molecule has 2 aliphatic rings. The Balaban J connectivity index is 1.75. The van der Waals surface area contributed by atoms with E-state index >= 15 is 0 Å². The highest BCUT2D eigenvalue weighted by Gasteiger charge is 2.27. The molecule has 7 nitrogen and oxygen atoms in total. The van der Waals surface area contributed by atoms with Crippen molar-refractivity contribution >= 4 is 21.6 Å². The second-order valence-corrected chi connectivity index (χ2v) is 10.3. The Bertz CT molecular complexity index is 804. The van der Waals surface area contributed by atoms with Gasteiger partial charge in [0.05, 0.1) is 30.8 Å². The maximum Gasteiger partial charge on any atom is 0.279 e. The van der Waals surface area contributed by atoms with Crippen molar-refractivity contribution < 1.29 is 22.8 Å². The maximum atomic E-state index is 13.1. The number of methoxy groups -OCH3 is 1. The van der Waals surface area contributed by atoms with Crippen LogP contribution >= 0.6 is 0 Å². The van der Waals surface area contributed by atoms with Crippen LogP contribution in [0.1, 0.15) is 45.4 Å². The molecule has 29 heavy (non-hydrogen) atoms. The van der Waals surface area contributed by atoms with E-state index in [1.165, 1.54) is 24.5 Å². The van der Waals surface area contributed by atoms with Crippen molar-refractivity contribution in [3.05, 3.63) is 18.2 Å². The van der Waals surface area contributed by atoms with Gasteiger partial charge in [0, 0.05) is 19.0 Å². The molecule has 1 aromatic rings. The lowest BCUT2D eigenvalue weighted by Crippen LogP contribution is -3.14. The van der Waals surface area contributed by atoms with E-state index in [2.05, 4.69) is 12.2 Å². The first-order valence-corrected chi connectivity index (χ1v) is 12.2. The Hall–Kier alpha value is -1.64. The van der Waals surface area contributed by atoms with Gasteiger partial charge in [-0.25, -0.2) is 8.42 Å². The average Bonchev–Trinajstić information content (AvgIpc) is 2.98. The Morgan fingerprint density at radius 3 is 2.59 bits per heavy atom. The molecular weight excluding hydrogens is 390 g/mol. The zero-order chi connectivity index (χ0) is 20.9. The summed E-state index contributed by atoms with van der Waals surface area (Å²) in [6.07, 6.45) is 6.25. The van der Waals surface area contributed by atoms with Crippen molar-refractivity contribution in [2.24, 2.45) is 5.92 Å². The van der Waals surface area contributed by atoms with Gasteiger partial charge in [-0.1, -0.05) is 19.8 Å². The van der Waals surface area contributed by atoms with Crippen LogP contribution in [0.3, 0.4) is 0 Å². The molecular formula is C21H34N3O4S+. The zero-order valence-electron chi connectivity index (χ0n) is 17.6. The van der Waals surface area contributed by atoms with Crippen LogP contribution < -0.4 is 15.0 Å². The number of piperidine rings is 1. The summed E-state index contributed by atoms with van der Waals surface area (Å²) in [5, 5.41) is 2.88. The van der Waals surface area contributed by atoms with Crippen LogP contribution in [-0.4, -0.2) is 58.5 Å². The number of quaternary nitrogens is 1. The second-order valence-electron chi connectivity index (χ2n) is 8.36. The Kier molecular flexibility index (Phi) is 7.54. The fourth-order valence-electron chi connectivity index (χ4n) is 4.36. The number of amides is 1. The lowest BCUT2D eigenvalue weighted by atomic mass is 10.0. The highest BCUT2D eigenvalue weighted by molar-refractivity contribution is 7.89. The van der Waals surface area contributed by atoms with E-state index in [4.69, 9.17) is 4.74 Å². The zero-order valence-corrected chi connectivity index (χ0v) is 18.4. The molecule has 0 aliphatic carbocycles. The molecule has 1 aromatic carbocycles. The molecule has 0 spiro atoms. The van der Waals surface area contributed by atoms with Crippen molar-refractivity contribution in [2.45, 2.75) is 50.3 Å². The van der Waals surface area contributed by atoms with Crippen LogP contribution in [0.15, 0.2) is 23.1 Å². The highest BCUT2D eigenvalue weighted by Crippen LogP contribution is 2.29. The van der Waals surface area contributed by atoms with E-state index in [0.29, 0.717) is 37.0 Å².